The first-order valence-electron chi connectivity index (χ1n) is 6.92. The molecule has 0 saturated heterocycles. The summed E-state index contributed by atoms with van der Waals surface area (Å²) >= 11 is 0. The summed E-state index contributed by atoms with van der Waals surface area (Å²) in [6.07, 6.45) is 2.97. The zero-order valence-corrected chi connectivity index (χ0v) is 12.2. The molecule has 1 heterocycles. The Hall–Kier alpha value is -3.00. The van der Waals surface area contributed by atoms with E-state index < -0.39 is 5.91 Å². The van der Waals surface area contributed by atoms with Gasteiger partial charge in [-0.2, -0.15) is 5.26 Å². The molecule has 0 bridgehead atoms. The Balaban J connectivity index is 1.92. The summed E-state index contributed by atoms with van der Waals surface area (Å²) in [5.74, 6) is 0.197. The largest absolute Gasteiger partial charge is 0.467 e. The van der Waals surface area contributed by atoms with Crippen LogP contribution in [0.1, 0.15) is 24.3 Å². The maximum Gasteiger partial charge on any atom is 0.263 e. The van der Waals surface area contributed by atoms with E-state index in [2.05, 4.69) is 10.6 Å². The molecule has 1 amide bonds. The molecule has 1 atom stereocenters. The summed E-state index contributed by atoms with van der Waals surface area (Å²) in [5.41, 5.74) is 1.10. The Bertz CT molecular complexity index is 670. The van der Waals surface area contributed by atoms with Crippen LogP contribution in [-0.4, -0.2) is 5.91 Å². The number of amides is 1. The molecule has 2 N–H and O–H groups in total. The lowest BCUT2D eigenvalue weighted by Gasteiger charge is -2.12. The first-order chi connectivity index (χ1) is 10.7. The molecule has 0 saturated carbocycles. The van der Waals surface area contributed by atoms with Crippen molar-refractivity contribution in [1.29, 1.82) is 5.26 Å². The molecule has 22 heavy (non-hydrogen) atoms. The second-order valence-corrected chi connectivity index (χ2v) is 4.73. The van der Waals surface area contributed by atoms with Gasteiger partial charge in [-0.05, 0) is 24.6 Å². The zero-order valence-electron chi connectivity index (χ0n) is 12.2. The number of carbonyl (C=O) groups is 1. The number of nitrogens with zero attached hydrogens (tertiary/aromatic N) is 1. The van der Waals surface area contributed by atoms with Crippen molar-refractivity contribution in [3.63, 3.8) is 0 Å². The van der Waals surface area contributed by atoms with Gasteiger partial charge in [0.15, 0.2) is 0 Å². The van der Waals surface area contributed by atoms with E-state index in [0.717, 1.165) is 5.56 Å². The predicted octanol–water partition coefficient (Wildman–Crippen LogP) is 2.65. The molecule has 1 aromatic heterocycles. The minimum absolute atomic E-state index is 0.00224. The van der Waals surface area contributed by atoms with Crippen LogP contribution < -0.4 is 10.6 Å². The lowest BCUT2D eigenvalue weighted by atomic mass is 10.1. The van der Waals surface area contributed by atoms with Gasteiger partial charge in [-0.15, -0.1) is 0 Å². The summed E-state index contributed by atoms with van der Waals surface area (Å²) in [4.78, 5) is 11.9. The van der Waals surface area contributed by atoms with Gasteiger partial charge in [-0.1, -0.05) is 30.3 Å². The van der Waals surface area contributed by atoms with Gasteiger partial charge >= 0.3 is 0 Å². The Labute approximate surface area is 129 Å². The van der Waals surface area contributed by atoms with Crippen molar-refractivity contribution in [1.82, 2.24) is 10.6 Å². The van der Waals surface area contributed by atoms with Gasteiger partial charge in [0.2, 0.25) is 0 Å². The third-order valence-corrected chi connectivity index (χ3v) is 3.15. The Morgan fingerprint density at radius 2 is 2.09 bits per heavy atom. The molecule has 0 aliphatic heterocycles. The third-order valence-electron chi connectivity index (χ3n) is 3.15. The summed E-state index contributed by atoms with van der Waals surface area (Å²) in [6.45, 7) is 2.21. The quantitative estimate of drug-likeness (QED) is 0.634. The summed E-state index contributed by atoms with van der Waals surface area (Å²) in [5, 5.41) is 14.8. The fourth-order valence-corrected chi connectivity index (χ4v) is 1.87. The Kier molecular flexibility index (Phi) is 5.38. The van der Waals surface area contributed by atoms with E-state index in [1.165, 1.54) is 12.5 Å². The molecule has 5 heteroatoms. The molecule has 2 aromatic rings. The van der Waals surface area contributed by atoms with Crippen molar-refractivity contribution in [2.45, 2.75) is 19.5 Å². The standard InChI is InChI=1S/C17H17N3O2/c1-13(14-6-3-2-4-7-14)19-11-15(10-18)17(21)20-12-16-8-5-9-22-16/h2-9,11,13,19H,12H2,1H3,(H,20,21)/b15-11-. The van der Waals surface area contributed by atoms with Crippen LogP contribution in [0, 0.1) is 11.3 Å². The van der Waals surface area contributed by atoms with Gasteiger partial charge in [0.25, 0.3) is 5.91 Å². The summed E-state index contributed by atoms with van der Waals surface area (Å²) in [6, 6.07) is 15.2. The Morgan fingerprint density at radius 1 is 1.32 bits per heavy atom. The highest BCUT2D eigenvalue weighted by atomic mass is 16.3. The van der Waals surface area contributed by atoms with Gasteiger partial charge < -0.3 is 15.1 Å². The lowest BCUT2D eigenvalue weighted by molar-refractivity contribution is -0.117. The molecular weight excluding hydrogens is 278 g/mol. The minimum atomic E-state index is -0.438. The second-order valence-electron chi connectivity index (χ2n) is 4.73. The summed E-state index contributed by atoms with van der Waals surface area (Å²) < 4.78 is 5.12. The number of hydrogen-bond acceptors (Lipinski definition) is 4. The number of rotatable bonds is 6. The smallest absolute Gasteiger partial charge is 0.263 e. The molecule has 0 radical (unpaired) electrons. The molecule has 112 valence electrons. The first-order valence-corrected chi connectivity index (χ1v) is 6.92. The van der Waals surface area contributed by atoms with E-state index in [-0.39, 0.29) is 18.2 Å². The molecule has 5 nitrogen and oxygen atoms in total. The van der Waals surface area contributed by atoms with E-state index in [0.29, 0.717) is 5.76 Å². The lowest BCUT2D eigenvalue weighted by Crippen LogP contribution is -2.25. The number of carbonyl (C=O) groups excluding carboxylic acids is 1. The maximum absolute atomic E-state index is 11.9. The van der Waals surface area contributed by atoms with Crippen LogP contribution in [0.4, 0.5) is 0 Å². The van der Waals surface area contributed by atoms with Crippen molar-refractivity contribution in [3.8, 4) is 6.07 Å². The number of nitriles is 1. The fourth-order valence-electron chi connectivity index (χ4n) is 1.87. The van der Waals surface area contributed by atoms with Crippen LogP contribution >= 0.6 is 0 Å². The molecular formula is C17H17N3O2. The molecule has 0 aliphatic carbocycles. The average molecular weight is 295 g/mol. The van der Waals surface area contributed by atoms with Crippen LogP contribution in [0.15, 0.2) is 64.9 Å². The van der Waals surface area contributed by atoms with Crippen LogP contribution in [0.5, 0.6) is 0 Å². The van der Waals surface area contributed by atoms with E-state index in [4.69, 9.17) is 9.68 Å². The second kappa shape index (κ2) is 7.70. The van der Waals surface area contributed by atoms with E-state index in [1.54, 1.807) is 12.1 Å². The van der Waals surface area contributed by atoms with E-state index >= 15 is 0 Å². The van der Waals surface area contributed by atoms with Crippen LogP contribution in [0.25, 0.3) is 0 Å². The average Bonchev–Trinajstić information content (AvgIpc) is 3.07. The Morgan fingerprint density at radius 3 is 2.73 bits per heavy atom. The normalized spacial score (nSPS) is 12.3. The van der Waals surface area contributed by atoms with Gasteiger partial charge in [-0.25, -0.2) is 0 Å². The maximum atomic E-state index is 11.9. The van der Waals surface area contributed by atoms with Crippen LogP contribution in [-0.2, 0) is 11.3 Å². The van der Waals surface area contributed by atoms with Crippen molar-refractivity contribution < 1.29 is 9.21 Å². The fraction of sp³-hybridized carbons (Fsp3) is 0.176. The van der Waals surface area contributed by atoms with Crippen LogP contribution in [0.3, 0.4) is 0 Å². The van der Waals surface area contributed by atoms with Crippen molar-refractivity contribution in [2.24, 2.45) is 0 Å². The van der Waals surface area contributed by atoms with Crippen LogP contribution in [0.2, 0.25) is 0 Å². The van der Waals surface area contributed by atoms with Gasteiger partial charge in [0, 0.05) is 12.2 Å². The first kappa shape index (κ1) is 15.4. The third kappa shape index (κ3) is 4.25. The molecule has 0 spiro atoms. The molecule has 1 aromatic carbocycles. The molecule has 0 fully saturated rings. The van der Waals surface area contributed by atoms with Gasteiger partial charge in [-0.3, -0.25) is 4.79 Å². The number of nitrogens with one attached hydrogen (secondary N) is 2. The van der Waals surface area contributed by atoms with E-state index in [9.17, 15) is 4.79 Å². The highest BCUT2D eigenvalue weighted by Gasteiger charge is 2.10. The molecule has 2 rings (SSSR count). The van der Waals surface area contributed by atoms with E-state index in [1.807, 2.05) is 43.3 Å². The van der Waals surface area contributed by atoms with Gasteiger partial charge in [0.1, 0.15) is 17.4 Å². The van der Waals surface area contributed by atoms with Crippen molar-refractivity contribution in [3.05, 3.63) is 71.8 Å². The molecule has 0 aliphatic rings. The number of furan rings is 1. The highest BCUT2D eigenvalue weighted by molar-refractivity contribution is 5.97. The van der Waals surface area contributed by atoms with Gasteiger partial charge in [0.05, 0.1) is 12.8 Å². The monoisotopic (exact) mass is 295 g/mol. The summed E-state index contributed by atoms with van der Waals surface area (Å²) in [7, 11) is 0. The zero-order chi connectivity index (χ0) is 15.8. The number of benzene rings is 1. The number of hydrogen-bond donors (Lipinski definition) is 2. The highest BCUT2D eigenvalue weighted by Crippen LogP contribution is 2.11. The molecule has 1 unspecified atom stereocenters. The minimum Gasteiger partial charge on any atom is -0.467 e. The SMILES string of the molecule is CC(N/C=C(/C#N)C(=O)NCc1ccco1)c1ccccc1. The van der Waals surface area contributed by atoms with Crippen molar-refractivity contribution in [2.75, 3.05) is 0 Å². The topological polar surface area (TPSA) is 78.1 Å². The van der Waals surface area contributed by atoms with Crippen molar-refractivity contribution >= 4 is 5.91 Å². The predicted molar refractivity (Wildman–Crippen MR) is 82.2 cm³/mol.